The molecule has 3 N–H and O–H groups in total. The maximum atomic E-state index is 12.6. The van der Waals surface area contributed by atoms with Gasteiger partial charge in [0.25, 0.3) is 5.91 Å². The highest BCUT2D eigenvalue weighted by Gasteiger charge is 2.09. The van der Waals surface area contributed by atoms with Crippen LogP contribution in [0.15, 0.2) is 60.9 Å². The van der Waals surface area contributed by atoms with Gasteiger partial charge in [0.05, 0.1) is 4.88 Å². The minimum Gasteiger partial charge on any atom is -0.375 e. The molecule has 4 aromatic rings. The lowest BCUT2D eigenvalue weighted by atomic mass is 10.1. The average Bonchev–Trinajstić information content (AvgIpc) is 3.14. The number of rotatable bonds is 5. The normalized spacial score (nSPS) is 11.1. The lowest BCUT2D eigenvalue weighted by Crippen LogP contribution is -2.14. The van der Waals surface area contributed by atoms with Crippen LogP contribution in [-0.4, -0.2) is 34.9 Å². The number of hydrogen-bond acceptors (Lipinski definition) is 6. The van der Waals surface area contributed by atoms with Crippen molar-refractivity contribution in [2.45, 2.75) is 6.54 Å². The van der Waals surface area contributed by atoms with E-state index in [4.69, 9.17) is 5.73 Å². The van der Waals surface area contributed by atoms with Crippen LogP contribution in [0.4, 0.5) is 10.9 Å². The predicted molar refractivity (Wildman–Crippen MR) is 119 cm³/mol. The van der Waals surface area contributed by atoms with Gasteiger partial charge in [0.15, 0.2) is 5.13 Å². The molecule has 6 nitrogen and oxygen atoms in total. The Bertz CT molecular complexity index is 1170. The number of nitrogens with two attached hydrogens (primary N) is 1. The van der Waals surface area contributed by atoms with E-state index in [9.17, 15) is 4.79 Å². The highest BCUT2D eigenvalue weighted by atomic mass is 32.1. The summed E-state index contributed by atoms with van der Waals surface area (Å²) < 4.78 is 0. The van der Waals surface area contributed by atoms with Gasteiger partial charge in [-0.1, -0.05) is 35.6 Å². The van der Waals surface area contributed by atoms with Crippen molar-refractivity contribution in [2.24, 2.45) is 0 Å². The highest BCUT2D eigenvalue weighted by molar-refractivity contribution is 7.18. The first-order valence-corrected chi connectivity index (χ1v) is 9.96. The summed E-state index contributed by atoms with van der Waals surface area (Å²) in [5.74, 6) is 0.334. The molecule has 0 aliphatic heterocycles. The van der Waals surface area contributed by atoms with Crippen molar-refractivity contribution in [1.82, 2.24) is 14.9 Å². The molecule has 0 saturated heterocycles. The Balaban J connectivity index is 1.55. The smallest absolute Gasteiger partial charge is 0.256 e. The Morgan fingerprint density at radius 3 is 2.52 bits per heavy atom. The Morgan fingerprint density at radius 2 is 1.83 bits per heavy atom. The minimum absolute atomic E-state index is 0.181. The van der Waals surface area contributed by atoms with Gasteiger partial charge < -0.3 is 16.0 Å². The number of nitrogens with one attached hydrogen (secondary N) is 1. The van der Waals surface area contributed by atoms with Crippen LogP contribution in [-0.2, 0) is 6.54 Å². The van der Waals surface area contributed by atoms with E-state index in [0.29, 0.717) is 16.5 Å². The van der Waals surface area contributed by atoms with Crippen LogP contribution in [0.1, 0.15) is 15.9 Å². The van der Waals surface area contributed by atoms with Crippen molar-refractivity contribution in [2.75, 3.05) is 25.1 Å². The van der Waals surface area contributed by atoms with E-state index in [1.54, 1.807) is 12.4 Å². The van der Waals surface area contributed by atoms with Crippen LogP contribution in [0.2, 0.25) is 0 Å². The zero-order chi connectivity index (χ0) is 20.4. The van der Waals surface area contributed by atoms with E-state index < -0.39 is 0 Å². The fourth-order valence-electron chi connectivity index (χ4n) is 3.10. The summed E-state index contributed by atoms with van der Waals surface area (Å²) in [6, 6.07) is 15.6. The molecule has 0 spiro atoms. The van der Waals surface area contributed by atoms with Crippen LogP contribution >= 0.6 is 11.3 Å². The zero-order valence-corrected chi connectivity index (χ0v) is 17.0. The summed E-state index contributed by atoms with van der Waals surface area (Å²) in [5, 5.41) is 5.41. The van der Waals surface area contributed by atoms with Crippen molar-refractivity contribution in [1.29, 1.82) is 0 Å². The van der Waals surface area contributed by atoms with Gasteiger partial charge in [-0.25, -0.2) is 9.97 Å². The van der Waals surface area contributed by atoms with Gasteiger partial charge in [-0.15, -0.1) is 0 Å². The van der Waals surface area contributed by atoms with Crippen molar-refractivity contribution >= 4 is 39.0 Å². The third-order valence-electron chi connectivity index (χ3n) is 4.49. The second kappa shape index (κ2) is 7.98. The Morgan fingerprint density at radius 1 is 1.03 bits per heavy atom. The van der Waals surface area contributed by atoms with E-state index in [-0.39, 0.29) is 5.91 Å². The number of hydrogen-bond donors (Lipinski definition) is 2. The third kappa shape index (κ3) is 4.42. The first-order valence-electron chi connectivity index (χ1n) is 9.14. The van der Waals surface area contributed by atoms with Gasteiger partial charge in [0.2, 0.25) is 0 Å². The van der Waals surface area contributed by atoms with Gasteiger partial charge in [-0.05, 0) is 54.9 Å². The molecule has 0 aliphatic carbocycles. The van der Waals surface area contributed by atoms with Crippen LogP contribution in [0, 0.1) is 0 Å². The lowest BCUT2D eigenvalue weighted by molar-refractivity contribution is 0.102. The fourth-order valence-corrected chi connectivity index (χ4v) is 3.78. The molecule has 2 heterocycles. The molecule has 0 radical (unpaired) electrons. The third-order valence-corrected chi connectivity index (χ3v) is 5.36. The maximum Gasteiger partial charge on any atom is 0.256 e. The summed E-state index contributed by atoms with van der Waals surface area (Å²) in [6.07, 6.45) is 3.53. The molecule has 7 heteroatoms. The van der Waals surface area contributed by atoms with E-state index in [2.05, 4.69) is 26.3 Å². The van der Waals surface area contributed by atoms with Crippen molar-refractivity contribution in [3.05, 3.63) is 72.1 Å². The number of pyridine rings is 1. The molecule has 2 aromatic carbocycles. The van der Waals surface area contributed by atoms with E-state index in [1.165, 1.54) is 11.3 Å². The standard InChI is InChI=1S/C22H21N5OS/c1-27(2)13-14-3-5-15(6-4-14)21(28)26-20-10-18-9-16(7-8-17(18)11-24-20)19-12-25-22(23)29-19/h3-12H,13H2,1-2H3,(H2,23,25)(H,24,26,28). The molecule has 0 unspecified atom stereocenters. The van der Waals surface area contributed by atoms with Gasteiger partial charge in [0.1, 0.15) is 5.82 Å². The van der Waals surface area contributed by atoms with Gasteiger partial charge in [0, 0.05) is 29.9 Å². The molecule has 146 valence electrons. The summed E-state index contributed by atoms with van der Waals surface area (Å²) in [5.41, 5.74) is 8.54. The lowest BCUT2D eigenvalue weighted by Gasteiger charge is -2.10. The molecule has 0 atom stereocenters. The molecule has 4 rings (SSSR count). The quantitative estimate of drug-likeness (QED) is 0.520. The monoisotopic (exact) mass is 403 g/mol. The molecular weight excluding hydrogens is 382 g/mol. The number of carbonyl (C=O) groups excluding carboxylic acids is 1. The molecular formula is C22H21N5OS. The minimum atomic E-state index is -0.181. The molecule has 0 fully saturated rings. The molecule has 2 aromatic heterocycles. The first kappa shape index (κ1) is 19.0. The summed E-state index contributed by atoms with van der Waals surface area (Å²) in [4.78, 5) is 24.2. The number of amides is 1. The van der Waals surface area contributed by atoms with Crippen molar-refractivity contribution < 1.29 is 4.79 Å². The van der Waals surface area contributed by atoms with E-state index in [1.807, 2.05) is 56.6 Å². The number of anilines is 2. The molecule has 0 bridgehead atoms. The Labute approximate surface area is 173 Å². The van der Waals surface area contributed by atoms with Crippen LogP contribution < -0.4 is 11.1 Å². The van der Waals surface area contributed by atoms with Crippen molar-refractivity contribution in [3.63, 3.8) is 0 Å². The number of nitrogen functional groups attached to an aromatic ring is 1. The number of carbonyl (C=O) groups is 1. The van der Waals surface area contributed by atoms with Gasteiger partial charge in [-0.3, -0.25) is 4.79 Å². The second-order valence-corrected chi connectivity index (χ2v) is 8.15. The molecule has 1 amide bonds. The highest BCUT2D eigenvalue weighted by Crippen LogP contribution is 2.30. The van der Waals surface area contributed by atoms with E-state index in [0.717, 1.165) is 33.3 Å². The Hall–Kier alpha value is -3.29. The van der Waals surface area contributed by atoms with Crippen LogP contribution in [0.3, 0.4) is 0 Å². The largest absolute Gasteiger partial charge is 0.375 e. The number of thiazole rings is 1. The SMILES string of the molecule is CN(C)Cc1ccc(C(=O)Nc2cc3cc(-c4cnc(N)s4)ccc3cn2)cc1. The van der Waals surface area contributed by atoms with Crippen molar-refractivity contribution in [3.8, 4) is 10.4 Å². The van der Waals surface area contributed by atoms with Crippen LogP contribution in [0.25, 0.3) is 21.2 Å². The molecule has 0 saturated carbocycles. The van der Waals surface area contributed by atoms with Gasteiger partial charge in [-0.2, -0.15) is 0 Å². The number of fused-ring (bicyclic) bond motifs is 1. The number of nitrogens with zero attached hydrogens (tertiary/aromatic N) is 3. The van der Waals surface area contributed by atoms with Gasteiger partial charge >= 0.3 is 0 Å². The number of aromatic nitrogens is 2. The second-order valence-electron chi connectivity index (χ2n) is 7.08. The summed E-state index contributed by atoms with van der Waals surface area (Å²) in [6.45, 7) is 0.835. The average molecular weight is 404 g/mol. The summed E-state index contributed by atoms with van der Waals surface area (Å²) in [7, 11) is 4.03. The molecule has 0 aliphatic rings. The zero-order valence-electron chi connectivity index (χ0n) is 16.2. The van der Waals surface area contributed by atoms with E-state index >= 15 is 0 Å². The fraction of sp³-hybridized carbons (Fsp3) is 0.136. The van der Waals surface area contributed by atoms with Crippen LogP contribution in [0.5, 0.6) is 0 Å². The maximum absolute atomic E-state index is 12.6. The molecule has 29 heavy (non-hydrogen) atoms. The Kier molecular flexibility index (Phi) is 5.24. The first-order chi connectivity index (χ1) is 14.0. The topological polar surface area (TPSA) is 84.1 Å². The number of benzene rings is 2. The summed E-state index contributed by atoms with van der Waals surface area (Å²) >= 11 is 1.44. The predicted octanol–water partition coefficient (Wildman–Crippen LogP) is 4.25.